The van der Waals surface area contributed by atoms with E-state index in [0.29, 0.717) is 6.42 Å². The third-order valence-corrected chi connectivity index (χ3v) is 5.86. The molecule has 0 unspecified atom stereocenters. The Morgan fingerprint density at radius 1 is 1.33 bits per heavy atom. The first-order valence-electron chi connectivity index (χ1n) is 5.11. The summed E-state index contributed by atoms with van der Waals surface area (Å²) >= 11 is 0. The molecule has 0 aromatic carbocycles. The number of hydrogen-bond acceptors (Lipinski definition) is 3. The van der Waals surface area contributed by atoms with Crippen molar-refractivity contribution in [3.8, 4) is 0 Å². The van der Waals surface area contributed by atoms with Crippen LogP contribution in [0.15, 0.2) is 0 Å². The maximum atomic E-state index is 10.9. The molecule has 15 heavy (non-hydrogen) atoms. The van der Waals surface area contributed by atoms with E-state index < -0.39 is 19.9 Å². The van der Waals surface area contributed by atoms with E-state index in [2.05, 4.69) is 0 Å². The molecule has 0 atom stereocenters. The first-order valence-corrected chi connectivity index (χ1v) is 7.63. The SMILES string of the molecule is CO[Si](C)(CCCC(C)(C)C(=O)O)OC. The van der Waals surface area contributed by atoms with Gasteiger partial charge in [-0.3, -0.25) is 4.79 Å². The predicted molar refractivity (Wildman–Crippen MR) is 61.1 cm³/mol. The standard InChI is InChI=1S/C10H22O4Si/c1-10(2,9(11)12)7-6-8-15(5,13-3)14-4/h6-8H2,1-5H3,(H,11,12). The summed E-state index contributed by atoms with van der Waals surface area (Å²) in [5, 5.41) is 8.93. The highest BCUT2D eigenvalue weighted by Gasteiger charge is 2.31. The molecule has 0 aliphatic carbocycles. The Morgan fingerprint density at radius 3 is 2.13 bits per heavy atom. The van der Waals surface area contributed by atoms with Gasteiger partial charge in [0.15, 0.2) is 0 Å². The second-order valence-electron chi connectivity index (χ2n) is 4.58. The Hall–Kier alpha value is -0.393. The highest BCUT2D eigenvalue weighted by Crippen LogP contribution is 2.26. The highest BCUT2D eigenvalue weighted by atomic mass is 28.4. The lowest BCUT2D eigenvalue weighted by Gasteiger charge is -2.25. The summed E-state index contributed by atoms with van der Waals surface area (Å²) in [6.45, 7) is 5.47. The van der Waals surface area contributed by atoms with Crippen molar-refractivity contribution in [3.05, 3.63) is 0 Å². The van der Waals surface area contributed by atoms with Gasteiger partial charge in [0.1, 0.15) is 0 Å². The monoisotopic (exact) mass is 234 g/mol. The molecule has 1 N–H and O–H groups in total. The van der Waals surface area contributed by atoms with Crippen LogP contribution in [0.25, 0.3) is 0 Å². The van der Waals surface area contributed by atoms with E-state index in [1.165, 1.54) is 0 Å². The number of rotatable bonds is 7. The first kappa shape index (κ1) is 14.6. The minimum atomic E-state index is -2.02. The minimum absolute atomic E-state index is 0.650. The van der Waals surface area contributed by atoms with Crippen molar-refractivity contribution >= 4 is 14.5 Å². The van der Waals surface area contributed by atoms with Gasteiger partial charge in [-0.2, -0.15) is 0 Å². The molecule has 5 heteroatoms. The van der Waals surface area contributed by atoms with Crippen LogP contribution in [-0.2, 0) is 13.6 Å². The van der Waals surface area contributed by atoms with Gasteiger partial charge in [-0.05, 0) is 32.9 Å². The zero-order chi connectivity index (χ0) is 12.1. The number of aliphatic carboxylic acids is 1. The van der Waals surface area contributed by atoms with Crippen molar-refractivity contribution in [3.63, 3.8) is 0 Å². The van der Waals surface area contributed by atoms with E-state index in [4.69, 9.17) is 14.0 Å². The van der Waals surface area contributed by atoms with Crippen molar-refractivity contribution in [2.24, 2.45) is 5.41 Å². The van der Waals surface area contributed by atoms with Gasteiger partial charge >= 0.3 is 14.5 Å². The van der Waals surface area contributed by atoms with Gasteiger partial charge in [0, 0.05) is 14.2 Å². The van der Waals surface area contributed by atoms with Crippen LogP contribution >= 0.6 is 0 Å². The van der Waals surface area contributed by atoms with Crippen molar-refractivity contribution in [1.82, 2.24) is 0 Å². The predicted octanol–water partition coefficient (Wildman–Crippen LogP) is 2.24. The molecule has 0 heterocycles. The van der Waals surface area contributed by atoms with Gasteiger partial charge in [0.05, 0.1) is 5.41 Å². The van der Waals surface area contributed by atoms with Gasteiger partial charge in [-0.1, -0.05) is 6.42 Å². The van der Waals surface area contributed by atoms with E-state index in [0.717, 1.165) is 12.5 Å². The van der Waals surface area contributed by atoms with Crippen LogP contribution in [0, 0.1) is 5.41 Å². The van der Waals surface area contributed by atoms with Gasteiger partial charge in [0.25, 0.3) is 0 Å². The third kappa shape index (κ3) is 4.77. The summed E-state index contributed by atoms with van der Waals surface area (Å²) in [5.74, 6) is -0.749. The molecule has 0 radical (unpaired) electrons. The smallest absolute Gasteiger partial charge is 0.334 e. The summed E-state index contributed by atoms with van der Waals surface area (Å²) < 4.78 is 10.7. The first-order chi connectivity index (χ1) is 6.77. The highest BCUT2D eigenvalue weighted by molar-refractivity contribution is 6.65. The molecule has 0 bridgehead atoms. The molecule has 0 fully saturated rings. The van der Waals surface area contributed by atoms with E-state index in [1.54, 1.807) is 28.1 Å². The van der Waals surface area contributed by atoms with Gasteiger partial charge in [-0.25, -0.2) is 0 Å². The van der Waals surface area contributed by atoms with E-state index in [-0.39, 0.29) is 0 Å². The van der Waals surface area contributed by atoms with Crippen LogP contribution in [-0.4, -0.2) is 33.9 Å². The normalized spacial score (nSPS) is 12.9. The molecule has 0 rings (SSSR count). The van der Waals surface area contributed by atoms with Crippen LogP contribution in [0.2, 0.25) is 12.6 Å². The van der Waals surface area contributed by atoms with Gasteiger partial charge in [0.2, 0.25) is 0 Å². The maximum absolute atomic E-state index is 10.9. The van der Waals surface area contributed by atoms with Crippen LogP contribution < -0.4 is 0 Å². The summed E-state index contributed by atoms with van der Waals surface area (Å²) in [5.41, 5.74) is -0.656. The number of carboxylic acid groups (broad SMARTS) is 1. The van der Waals surface area contributed by atoms with Crippen molar-refractivity contribution in [2.45, 2.75) is 39.3 Å². The minimum Gasteiger partial charge on any atom is -0.481 e. The summed E-state index contributed by atoms with van der Waals surface area (Å²) in [7, 11) is 1.28. The Bertz CT molecular complexity index is 211. The topological polar surface area (TPSA) is 55.8 Å². The largest absolute Gasteiger partial charge is 0.481 e. The van der Waals surface area contributed by atoms with E-state index in [9.17, 15) is 4.79 Å². The molecule has 0 saturated carbocycles. The molecule has 0 aromatic rings. The Labute approximate surface area is 92.8 Å². The second-order valence-corrected chi connectivity index (χ2v) is 8.17. The van der Waals surface area contributed by atoms with Crippen molar-refractivity contribution in [1.29, 1.82) is 0 Å². The van der Waals surface area contributed by atoms with Crippen molar-refractivity contribution in [2.75, 3.05) is 14.2 Å². The lowest BCUT2D eigenvalue weighted by atomic mass is 9.88. The lowest BCUT2D eigenvalue weighted by molar-refractivity contribution is -0.147. The fourth-order valence-corrected chi connectivity index (χ4v) is 2.64. The number of hydrogen-bond donors (Lipinski definition) is 1. The van der Waals surface area contributed by atoms with Crippen LogP contribution in [0.3, 0.4) is 0 Å². The molecule has 4 nitrogen and oxygen atoms in total. The maximum Gasteiger partial charge on any atom is 0.334 e. The molecule has 0 aliphatic rings. The van der Waals surface area contributed by atoms with Crippen LogP contribution in [0.4, 0.5) is 0 Å². The average molecular weight is 234 g/mol. The van der Waals surface area contributed by atoms with Crippen LogP contribution in [0.1, 0.15) is 26.7 Å². The molecule has 0 amide bonds. The molecular formula is C10H22O4Si. The third-order valence-electron chi connectivity index (χ3n) is 2.88. The second kappa shape index (κ2) is 5.63. The summed E-state index contributed by atoms with van der Waals surface area (Å²) in [4.78, 5) is 10.9. The van der Waals surface area contributed by atoms with Crippen LogP contribution in [0.5, 0.6) is 0 Å². The fourth-order valence-electron chi connectivity index (χ4n) is 1.25. The lowest BCUT2D eigenvalue weighted by Crippen LogP contribution is -2.36. The average Bonchev–Trinajstić information content (AvgIpc) is 2.17. The van der Waals surface area contributed by atoms with E-state index in [1.807, 2.05) is 6.55 Å². The fraction of sp³-hybridized carbons (Fsp3) is 0.900. The number of carbonyl (C=O) groups is 1. The molecule has 90 valence electrons. The van der Waals surface area contributed by atoms with Gasteiger partial charge < -0.3 is 14.0 Å². The quantitative estimate of drug-likeness (QED) is 0.686. The Balaban J connectivity index is 4.03. The molecule has 0 aromatic heterocycles. The molecule has 0 aliphatic heterocycles. The molecule has 0 spiro atoms. The Morgan fingerprint density at radius 2 is 1.80 bits per heavy atom. The zero-order valence-corrected chi connectivity index (χ0v) is 11.3. The summed E-state index contributed by atoms with van der Waals surface area (Å²) in [6.07, 6.45) is 1.47. The molecular weight excluding hydrogens is 212 g/mol. The van der Waals surface area contributed by atoms with Crippen molar-refractivity contribution < 1.29 is 18.8 Å². The zero-order valence-electron chi connectivity index (χ0n) is 10.3. The molecule has 0 saturated heterocycles. The van der Waals surface area contributed by atoms with E-state index >= 15 is 0 Å². The van der Waals surface area contributed by atoms with Gasteiger partial charge in [-0.15, -0.1) is 0 Å². The summed E-state index contributed by atoms with van der Waals surface area (Å²) in [6, 6.07) is 0.830. The number of carboxylic acids is 1. The Kier molecular flexibility index (Phi) is 5.48.